The number of anilines is 2. The number of nitrogens with zero attached hydrogens (tertiary/aromatic N) is 5. The summed E-state index contributed by atoms with van der Waals surface area (Å²) in [4.78, 5) is 26.4. The van der Waals surface area contributed by atoms with Crippen LogP contribution in [0.5, 0.6) is 5.75 Å². The third-order valence-electron chi connectivity index (χ3n) is 6.69. The zero-order valence-electron chi connectivity index (χ0n) is 20.9. The van der Waals surface area contributed by atoms with Gasteiger partial charge in [-0.3, -0.25) is 4.79 Å². The van der Waals surface area contributed by atoms with E-state index in [0.717, 1.165) is 68.3 Å². The Hall–Kier alpha value is -2.91. The van der Waals surface area contributed by atoms with Crippen molar-refractivity contribution in [2.24, 2.45) is 0 Å². The molecule has 0 unspecified atom stereocenters. The number of likely N-dealkylation sites (tertiary alicyclic amines) is 1. The SMILES string of the molecule is CN(C)c1cc(N2CCC[C@](O)(CNCc3ccc(OCCCN4CCCC4=O)cc3)C2)ncn1. The van der Waals surface area contributed by atoms with Crippen LogP contribution in [0.3, 0.4) is 0 Å². The lowest BCUT2D eigenvalue weighted by molar-refractivity contribution is -0.127. The van der Waals surface area contributed by atoms with Gasteiger partial charge in [0, 0.05) is 65.9 Å². The number of carbonyl (C=O) groups excluding carboxylic acids is 1. The summed E-state index contributed by atoms with van der Waals surface area (Å²) < 4.78 is 5.83. The molecule has 1 amide bonds. The number of nitrogens with one attached hydrogen (secondary N) is 1. The van der Waals surface area contributed by atoms with Crippen LogP contribution in [-0.2, 0) is 11.3 Å². The molecule has 9 heteroatoms. The van der Waals surface area contributed by atoms with E-state index in [1.165, 1.54) is 0 Å². The maximum atomic E-state index is 11.7. The van der Waals surface area contributed by atoms with E-state index in [9.17, 15) is 9.90 Å². The van der Waals surface area contributed by atoms with Crippen LogP contribution >= 0.6 is 0 Å². The predicted octanol–water partition coefficient (Wildman–Crippen LogP) is 2.05. The Morgan fingerprint density at radius 3 is 2.74 bits per heavy atom. The van der Waals surface area contributed by atoms with Crippen molar-refractivity contribution in [2.75, 3.05) is 63.2 Å². The zero-order chi connectivity index (χ0) is 24.7. The van der Waals surface area contributed by atoms with E-state index in [0.29, 0.717) is 32.7 Å². The van der Waals surface area contributed by atoms with Gasteiger partial charge in [0.1, 0.15) is 23.7 Å². The van der Waals surface area contributed by atoms with Gasteiger partial charge in [-0.15, -0.1) is 0 Å². The fraction of sp³-hybridized carbons (Fsp3) is 0.577. The Bertz CT molecular complexity index is 970. The van der Waals surface area contributed by atoms with Gasteiger partial charge in [0.2, 0.25) is 5.91 Å². The van der Waals surface area contributed by atoms with Crippen LogP contribution in [0.1, 0.15) is 37.7 Å². The molecule has 9 nitrogen and oxygen atoms in total. The molecule has 2 fully saturated rings. The van der Waals surface area contributed by atoms with E-state index in [1.54, 1.807) is 6.33 Å². The minimum absolute atomic E-state index is 0.264. The number of carbonyl (C=O) groups is 1. The van der Waals surface area contributed by atoms with Gasteiger partial charge in [0.15, 0.2) is 0 Å². The number of hydrogen-bond acceptors (Lipinski definition) is 8. The van der Waals surface area contributed by atoms with Crippen LogP contribution in [0, 0.1) is 0 Å². The summed E-state index contributed by atoms with van der Waals surface area (Å²) in [6.07, 6.45) is 5.76. The minimum atomic E-state index is -0.804. The van der Waals surface area contributed by atoms with E-state index in [2.05, 4.69) is 20.2 Å². The highest BCUT2D eigenvalue weighted by molar-refractivity contribution is 5.78. The fourth-order valence-corrected chi connectivity index (χ4v) is 4.74. The standard InChI is InChI=1S/C26H38N6O3/c1-30(2)23-16-24(29-20-28-23)32-13-4-11-26(34,19-32)18-27-17-21-7-9-22(10-8-21)35-15-5-14-31-12-3-6-25(31)33/h7-10,16,20,27,34H,3-6,11-15,17-19H2,1-2H3/t26-/m0/s1. The summed E-state index contributed by atoms with van der Waals surface area (Å²) in [6.45, 7) is 4.87. The molecule has 1 atom stereocenters. The monoisotopic (exact) mass is 482 g/mol. The lowest BCUT2D eigenvalue weighted by Gasteiger charge is -2.40. The molecule has 35 heavy (non-hydrogen) atoms. The van der Waals surface area contributed by atoms with Gasteiger partial charge in [-0.25, -0.2) is 9.97 Å². The van der Waals surface area contributed by atoms with Crippen molar-refractivity contribution >= 4 is 17.5 Å². The third-order valence-corrected chi connectivity index (χ3v) is 6.69. The molecule has 2 N–H and O–H groups in total. The second kappa shape index (κ2) is 11.7. The number of ether oxygens (including phenoxy) is 1. The second-order valence-corrected chi connectivity index (χ2v) is 9.81. The molecule has 3 heterocycles. The minimum Gasteiger partial charge on any atom is -0.494 e. The van der Waals surface area contributed by atoms with Crippen molar-refractivity contribution in [1.82, 2.24) is 20.2 Å². The molecule has 2 aliphatic heterocycles. The molecule has 2 saturated heterocycles. The summed E-state index contributed by atoms with van der Waals surface area (Å²) in [7, 11) is 3.92. The molecule has 2 aliphatic rings. The van der Waals surface area contributed by atoms with Crippen molar-refractivity contribution in [1.29, 1.82) is 0 Å². The number of aromatic nitrogens is 2. The Morgan fingerprint density at radius 1 is 1.17 bits per heavy atom. The van der Waals surface area contributed by atoms with Gasteiger partial charge in [0.05, 0.1) is 12.2 Å². The Labute approximate surface area is 208 Å². The van der Waals surface area contributed by atoms with Crippen molar-refractivity contribution in [2.45, 2.75) is 44.2 Å². The van der Waals surface area contributed by atoms with E-state index < -0.39 is 5.60 Å². The highest BCUT2D eigenvalue weighted by atomic mass is 16.5. The lowest BCUT2D eigenvalue weighted by atomic mass is 9.92. The molecule has 2 aromatic rings. The summed E-state index contributed by atoms with van der Waals surface area (Å²) in [5, 5.41) is 14.6. The number of aliphatic hydroxyl groups is 1. The average Bonchev–Trinajstić information content (AvgIpc) is 3.27. The maximum absolute atomic E-state index is 11.7. The third kappa shape index (κ3) is 7.05. The summed E-state index contributed by atoms with van der Waals surface area (Å²) in [6, 6.07) is 10.0. The van der Waals surface area contributed by atoms with Crippen LogP contribution in [0.2, 0.25) is 0 Å². The van der Waals surface area contributed by atoms with E-state index >= 15 is 0 Å². The van der Waals surface area contributed by atoms with Gasteiger partial charge >= 0.3 is 0 Å². The first-order valence-electron chi connectivity index (χ1n) is 12.6. The van der Waals surface area contributed by atoms with E-state index in [4.69, 9.17) is 4.74 Å². The number of β-amino-alcohol motifs (C(OH)–C–C–N with tert-alkyl or cyclic N) is 1. The van der Waals surface area contributed by atoms with E-state index in [-0.39, 0.29) is 5.91 Å². The Kier molecular flexibility index (Phi) is 8.41. The second-order valence-electron chi connectivity index (χ2n) is 9.81. The molecule has 4 rings (SSSR count). The Morgan fingerprint density at radius 2 is 2.00 bits per heavy atom. The molecule has 190 valence electrons. The molecule has 1 aromatic heterocycles. The molecule has 0 bridgehead atoms. The Balaban J connectivity index is 1.19. The van der Waals surface area contributed by atoms with Gasteiger partial charge < -0.3 is 29.9 Å². The topological polar surface area (TPSA) is 94.1 Å². The highest BCUT2D eigenvalue weighted by Gasteiger charge is 2.33. The number of hydrogen-bond donors (Lipinski definition) is 2. The maximum Gasteiger partial charge on any atom is 0.222 e. The molecular formula is C26H38N6O3. The lowest BCUT2D eigenvalue weighted by Crippen LogP contribution is -2.53. The van der Waals surface area contributed by atoms with Crippen molar-refractivity contribution in [3.05, 3.63) is 42.2 Å². The summed E-state index contributed by atoms with van der Waals surface area (Å²) in [5.74, 6) is 2.81. The number of benzene rings is 1. The summed E-state index contributed by atoms with van der Waals surface area (Å²) >= 11 is 0. The number of amides is 1. The first-order chi connectivity index (χ1) is 16.9. The van der Waals surface area contributed by atoms with Crippen LogP contribution in [0.4, 0.5) is 11.6 Å². The molecular weight excluding hydrogens is 444 g/mol. The largest absolute Gasteiger partial charge is 0.494 e. The van der Waals surface area contributed by atoms with Gasteiger partial charge in [-0.05, 0) is 43.4 Å². The molecule has 0 saturated carbocycles. The van der Waals surface area contributed by atoms with Crippen LogP contribution < -0.4 is 19.9 Å². The normalized spacial score (nSPS) is 20.4. The zero-order valence-corrected chi connectivity index (χ0v) is 20.9. The first kappa shape index (κ1) is 25.2. The average molecular weight is 483 g/mol. The van der Waals surface area contributed by atoms with Crippen molar-refractivity contribution in [3.63, 3.8) is 0 Å². The highest BCUT2D eigenvalue weighted by Crippen LogP contribution is 2.26. The first-order valence-corrected chi connectivity index (χ1v) is 12.6. The number of piperidine rings is 1. The fourth-order valence-electron chi connectivity index (χ4n) is 4.74. The van der Waals surface area contributed by atoms with Crippen LogP contribution in [0.25, 0.3) is 0 Å². The molecule has 1 aromatic carbocycles. The van der Waals surface area contributed by atoms with Gasteiger partial charge in [0.25, 0.3) is 0 Å². The smallest absolute Gasteiger partial charge is 0.222 e. The molecule has 0 aliphatic carbocycles. The number of rotatable bonds is 11. The molecule has 0 spiro atoms. The van der Waals surface area contributed by atoms with Gasteiger partial charge in [-0.1, -0.05) is 12.1 Å². The summed E-state index contributed by atoms with van der Waals surface area (Å²) in [5.41, 5.74) is 0.337. The van der Waals surface area contributed by atoms with Crippen LogP contribution in [-0.4, -0.2) is 84.9 Å². The predicted molar refractivity (Wildman–Crippen MR) is 137 cm³/mol. The van der Waals surface area contributed by atoms with Crippen molar-refractivity contribution in [3.8, 4) is 5.75 Å². The molecule has 0 radical (unpaired) electrons. The van der Waals surface area contributed by atoms with Crippen molar-refractivity contribution < 1.29 is 14.6 Å². The quantitative estimate of drug-likeness (QED) is 0.470. The van der Waals surface area contributed by atoms with Gasteiger partial charge in [-0.2, -0.15) is 0 Å². The van der Waals surface area contributed by atoms with E-state index in [1.807, 2.05) is 54.2 Å². The van der Waals surface area contributed by atoms with Crippen LogP contribution in [0.15, 0.2) is 36.7 Å².